The molecule has 0 spiro atoms. The third-order valence-electron chi connectivity index (χ3n) is 4.41. The first-order chi connectivity index (χ1) is 13.4. The summed E-state index contributed by atoms with van der Waals surface area (Å²) >= 11 is 1.45. The van der Waals surface area contributed by atoms with Gasteiger partial charge in [-0.1, -0.05) is 0 Å². The molecule has 3 rings (SSSR count). The second-order valence-electron chi connectivity index (χ2n) is 5.90. The Kier molecular flexibility index (Phi) is 5.93. The van der Waals surface area contributed by atoms with Gasteiger partial charge in [0.15, 0.2) is 17.4 Å². The van der Waals surface area contributed by atoms with Crippen molar-refractivity contribution in [2.75, 3.05) is 33.6 Å². The molecule has 0 radical (unpaired) electrons. The molecule has 28 heavy (non-hydrogen) atoms. The van der Waals surface area contributed by atoms with Gasteiger partial charge >= 0.3 is 0 Å². The maximum Gasteiger partial charge on any atom is 0.258 e. The van der Waals surface area contributed by atoms with Crippen molar-refractivity contribution in [1.29, 1.82) is 0 Å². The number of methoxy groups -OCH3 is 3. The van der Waals surface area contributed by atoms with Crippen LogP contribution in [0.25, 0.3) is 0 Å². The minimum atomic E-state index is -1.47. The first-order valence-corrected chi connectivity index (χ1v) is 9.33. The number of carbonyl (C=O) groups excluding carboxylic acids is 1. The molecular weight excluding hydrogens is 395 g/mol. The van der Waals surface area contributed by atoms with Gasteiger partial charge in [-0.05, 0) is 24.3 Å². The van der Waals surface area contributed by atoms with E-state index in [9.17, 15) is 18.0 Å². The molecule has 0 aromatic heterocycles. The van der Waals surface area contributed by atoms with Crippen molar-refractivity contribution in [3.63, 3.8) is 0 Å². The summed E-state index contributed by atoms with van der Waals surface area (Å²) in [5, 5.41) is -0.504. The third-order valence-corrected chi connectivity index (χ3v) is 5.65. The molecule has 1 atom stereocenters. The Hall–Kier alpha value is -2.55. The van der Waals surface area contributed by atoms with Gasteiger partial charge in [-0.3, -0.25) is 4.79 Å². The zero-order valence-corrected chi connectivity index (χ0v) is 16.2. The SMILES string of the molecule is COc1ccc(OC)c(C2SCCN2C(=O)c2cc(F)c(F)c(OC)c2F)c1. The first kappa shape index (κ1) is 20.2. The summed E-state index contributed by atoms with van der Waals surface area (Å²) in [5.74, 6) is -4.08. The molecule has 2 aromatic carbocycles. The zero-order chi connectivity index (χ0) is 20.4. The van der Waals surface area contributed by atoms with E-state index in [0.717, 1.165) is 7.11 Å². The van der Waals surface area contributed by atoms with E-state index in [1.165, 1.54) is 30.9 Å². The maximum atomic E-state index is 14.6. The summed E-state index contributed by atoms with van der Waals surface area (Å²) in [4.78, 5) is 14.4. The Bertz CT molecular complexity index is 909. The Morgan fingerprint density at radius 1 is 1.07 bits per heavy atom. The van der Waals surface area contributed by atoms with Gasteiger partial charge in [0.1, 0.15) is 16.9 Å². The molecule has 1 heterocycles. The minimum absolute atomic E-state index is 0.301. The summed E-state index contributed by atoms with van der Waals surface area (Å²) in [7, 11) is 4.01. The fraction of sp³-hybridized carbons (Fsp3) is 0.316. The molecule has 150 valence electrons. The number of thioether (sulfide) groups is 1. The molecule has 0 bridgehead atoms. The van der Waals surface area contributed by atoms with Crippen LogP contribution in [0.3, 0.4) is 0 Å². The van der Waals surface area contributed by atoms with Gasteiger partial charge in [0.2, 0.25) is 5.82 Å². The van der Waals surface area contributed by atoms with E-state index in [-0.39, 0.29) is 0 Å². The quantitative estimate of drug-likeness (QED) is 0.693. The van der Waals surface area contributed by atoms with Crippen LogP contribution in [0.5, 0.6) is 17.2 Å². The lowest BCUT2D eigenvalue weighted by molar-refractivity contribution is 0.0752. The van der Waals surface area contributed by atoms with E-state index in [4.69, 9.17) is 9.47 Å². The van der Waals surface area contributed by atoms with Crippen molar-refractivity contribution in [3.05, 3.63) is 52.8 Å². The molecule has 5 nitrogen and oxygen atoms in total. The summed E-state index contributed by atoms with van der Waals surface area (Å²) in [6.07, 6.45) is 0. The second kappa shape index (κ2) is 8.22. The van der Waals surface area contributed by atoms with Gasteiger partial charge in [-0.25, -0.2) is 8.78 Å². The predicted octanol–water partition coefficient (Wildman–Crippen LogP) is 4.02. The van der Waals surface area contributed by atoms with Gasteiger partial charge in [0.25, 0.3) is 5.91 Å². The van der Waals surface area contributed by atoms with E-state index in [0.29, 0.717) is 35.4 Å². The number of benzene rings is 2. The average molecular weight is 413 g/mol. The molecule has 9 heteroatoms. The molecule has 1 fully saturated rings. The topological polar surface area (TPSA) is 48.0 Å². The van der Waals surface area contributed by atoms with Crippen molar-refractivity contribution < 1.29 is 32.2 Å². The number of nitrogens with zero attached hydrogens (tertiary/aromatic N) is 1. The van der Waals surface area contributed by atoms with Crippen LogP contribution in [0, 0.1) is 17.5 Å². The zero-order valence-electron chi connectivity index (χ0n) is 15.4. The van der Waals surface area contributed by atoms with Gasteiger partial charge in [-0.2, -0.15) is 4.39 Å². The summed E-state index contributed by atoms with van der Waals surface area (Å²) in [5.41, 5.74) is 0.0674. The highest BCUT2D eigenvalue weighted by molar-refractivity contribution is 7.99. The van der Waals surface area contributed by atoms with E-state index in [1.807, 2.05) is 0 Å². The lowest BCUT2D eigenvalue weighted by Crippen LogP contribution is -2.31. The molecule has 1 amide bonds. The van der Waals surface area contributed by atoms with E-state index in [1.54, 1.807) is 18.2 Å². The molecule has 0 N–H and O–H groups in total. The van der Waals surface area contributed by atoms with E-state index in [2.05, 4.69) is 4.74 Å². The highest BCUT2D eigenvalue weighted by Gasteiger charge is 2.36. The number of carbonyl (C=O) groups is 1. The van der Waals surface area contributed by atoms with Crippen molar-refractivity contribution in [1.82, 2.24) is 4.90 Å². The number of ether oxygens (including phenoxy) is 3. The number of hydrogen-bond acceptors (Lipinski definition) is 5. The molecule has 1 unspecified atom stereocenters. The highest BCUT2D eigenvalue weighted by atomic mass is 32.2. The fourth-order valence-corrected chi connectivity index (χ4v) is 4.31. The van der Waals surface area contributed by atoms with Crippen molar-refractivity contribution in [3.8, 4) is 17.2 Å². The Morgan fingerprint density at radius 3 is 2.46 bits per heavy atom. The highest BCUT2D eigenvalue weighted by Crippen LogP contribution is 2.44. The average Bonchev–Trinajstić information content (AvgIpc) is 3.19. The van der Waals surface area contributed by atoms with Crippen LogP contribution in [-0.2, 0) is 0 Å². The van der Waals surface area contributed by atoms with Gasteiger partial charge in [0.05, 0.1) is 26.9 Å². The van der Waals surface area contributed by atoms with Crippen LogP contribution in [0.4, 0.5) is 13.2 Å². The smallest absolute Gasteiger partial charge is 0.258 e. The first-order valence-electron chi connectivity index (χ1n) is 8.28. The minimum Gasteiger partial charge on any atom is -0.497 e. The van der Waals surface area contributed by atoms with Crippen molar-refractivity contribution in [2.45, 2.75) is 5.37 Å². The van der Waals surface area contributed by atoms with Gasteiger partial charge < -0.3 is 19.1 Å². The van der Waals surface area contributed by atoms with Crippen LogP contribution < -0.4 is 14.2 Å². The maximum absolute atomic E-state index is 14.6. The molecule has 1 saturated heterocycles. The van der Waals surface area contributed by atoms with Crippen LogP contribution in [0.2, 0.25) is 0 Å². The Labute approximate surface area is 164 Å². The number of rotatable bonds is 5. The van der Waals surface area contributed by atoms with E-state index >= 15 is 0 Å². The molecular formula is C19H18F3NO4S. The van der Waals surface area contributed by atoms with Crippen LogP contribution in [-0.4, -0.2) is 44.4 Å². The Balaban J connectivity index is 2.03. The van der Waals surface area contributed by atoms with Crippen molar-refractivity contribution >= 4 is 17.7 Å². The largest absolute Gasteiger partial charge is 0.497 e. The van der Waals surface area contributed by atoms with Crippen LogP contribution in [0.15, 0.2) is 24.3 Å². The van der Waals surface area contributed by atoms with E-state index < -0.39 is 40.0 Å². The molecule has 0 saturated carbocycles. The fourth-order valence-electron chi connectivity index (χ4n) is 3.04. The molecule has 2 aromatic rings. The second-order valence-corrected chi connectivity index (χ2v) is 7.08. The lowest BCUT2D eigenvalue weighted by atomic mass is 10.1. The summed E-state index contributed by atoms with van der Waals surface area (Å²) < 4.78 is 57.3. The third kappa shape index (κ3) is 3.46. The van der Waals surface area contributed by atoms with Crippen LogP contribution >= 0.6 is 11.8 Å². The standard InChI is InChI=1S/C19H18F3NO4S/c1-25-10-4-5-14(26-2)11(8-10)19-23(6-7-28-19)18(24)12-9-13(20)16(22)17(27-3)15(12)21/h4-5,8-9,19H,6-7H2,1-3H3. The molecule has 0 aliphatic carbocycles. The number of amides is 1. The van der Waals surface area contributed by atoms with Gasteiger partial charge in [-0.15, -0.1) is 11.8 Å². The summed E-state index contributed by atoms with van der Waals surface area (Å²) in [6.45, 7) is 0.301. The molecule has 1 aliphatic heterocycles. The normalized spacial score (nSPS) is 16.2. The monoisotopic (exact) mass is 413 g/mol. The predicted molar refractivity (Wildman–Crippen MR) is 98.6 cm³/mol. The van der Waals surface area contributed by atoms with Crippen molar-refractivity contribution in [2.24, 2.45) is 0 Å². The molecule has 1 aliphatic rings. The number of halogens is 3. The number of hydrogen-bond donors (Lipinski definition) is 0. The van der Waals surface area contributed by atoms with Gasteiger partial charge in [0, 0.05) is 17.9 Å². The lowest BCUT2D eigenvalue weighted by Gasteiger charge is -2.26. The Morgan fingerprint density at radius 2 is 1.82 bits per heavy atom. The summed E-state index contributed by atoms with van der Waals surface area (Å²) in [6, 6.07) is 5.70. The van der Waals surface area contributed by atoms with Crippen LogP contribution in [0.1, 0.15) is 21.3 Å².